The number of aromatic carboxylic acids is 1. The number of anilines is 1. The SMILES string of the molecule is COC(=O)c1cc(NC(=O)C(CNC(=O)c2cc3ccccc3cc2C(=O)NCC23CC4CC(CC(C4)C2)C3)c2ccccc2)cc(C(=O)O)c1. The molecule has 1 unspecified atom stereocenters. The van der Waals surface area contributed by atoms with Gasteiger partial charge in [-0.25, -0.2) is 9.59 Å². The molecule has 10 heteroatoms. The number of carbonyl (C=O) groups excluding carboxylic acids is 4. The molecule has 0 saturated heterocycles. The third-order valence-electron chi connectivity index (χ3n) is 11.0. The predicted molar refractivity (Wildman–Crippen MR) is 192 cm³/mol. The summed E-state index contributed by atoms with van der Waals surface area (Å²) in [6, 6.07) is 23.6. The van der Waals surface area contributed by atoms with E-state index in [1.165, 1.54) is 44.6 Å². The van der Waals surface area contributed by atoms with Crippen molar-refractivity contribution in [1.29, 1.82) is 0 Å². The fourth-order valence-electron chi connectivity index (χ4n) is 9.11. The Balaban J connectivity index is 1.12. The molecule has 4 aromatic carbocycles. The first-order valence-electron chi connectivity index (χ1n) is 17.5. The van der Waals surface area contributed by atoms with E-state index in [0.717, 1.165) is 47.8 Å². The number of ether oxygens (including phenoxy) is 1. The number of fused-ring (bicyclic) bond motifs is 1. The second kappa shape index (κ2) is 14.0. The zero-order valence-electron chi connectivity index (χ0n) is 28.4. The lowest BCUT2D eigenvalue weighted by molar-refractivity contribution is -0.117. The van der Waals surface area contributed by atoms with Crippen LogP contribution in [-0.4, -0.2) is 55.0 Å². The van der Waals surface area contributed by atoms with E-state index >= 15 is 0 Å². The first-order valence-corrected chi connectivity index (χ1v) is 17.5. The highest BCUT2D eigenvalue weighted by Gasteiger charge is 2.50. The third kappa shape index (κ3) is 7.22. The van der Waals surface area contributed by atoms with Gasteiger partial charge in [0.05, 0.1) is 35.3 Å². The smallest absolute Gasteiger partial charge is 0.337 e. The van der Waals surface area contributed by atoms with Gasteiger partial charge in [0, 0.05) is 18.8 Å². The minimum absolute atomic E-state index is 0.0393. The van der Waals surface area contributed by atoms with Crippen molar-refractivity contribution in [3.8, 4) is 0 Å². The van der Waals surface area contributed by atoms with E-state index in [0.29, 0.717) is 12.1 Å². The first-order chi connectivity index (χ1) is 24.6. The predicted octanol–water partition coefficient (Wildman–Crippen LogP) is 6.42. The van der Waals surface area contributed by atoms with Crippen LogP contribution in [0.1, 0.15) is 91.4 Å². The van der Waals surface area contributed by atoms with Crippen LogP contribution in [0.15, 0.2) is 84.9 Å². The maximum Gasteiger partial charge on any atom is 0.337 e. The lowest BCUT2D eigenvalue weighted by Gasteiger charge is -2.56. The molecule has 262 valence electrons. The van der Waals surface area contributed by atoms with Crippen molar-refractivity contribution in [3.63, 3.8) is 0 Å². The highest BCUT2D eigenvalue weighted by molar-refractivity contribution is 6.11. The number of esters is 1. The fraction of sp³-hybridized carbons (Fsp3) is 0.341. The van der Waals surface area contributed by atoms with Gasteiger partial charge in [0.15, 0.2) is 0 Å². The van der Waals surface area contributed by atoms with E-state index < -0.39 is 29.7 Å². The number of carboxylic acid groups (broad SMARTS) is 1. The maximum atomic E-state index is 14.0. The second-order valence-corrected chi connectivity index (χ2v) is 14.6. The molecule has 0 heterocycles. The molecule has 4 fully saturated rings. The van der Waals surface area contributed by atoms with Crippen molar-refractivity contribution in [2.75, 3.05) is 25.5 Å². The standard InChI is InChI=1S/C41H41N3O7/c1-51-40(50)31-14-30(39(48)49)15-32(16-31)44-38(47)35(27-7-3-2-4-8-27)22-42-36(45)33-17-28-9-5-6-10-29(28)18-34(33)37(46)43-23-41-19-24-11-25(20-41)13-26(12-24)21-41/h2-10,14-18,24-26,35H,11-13,19-23H2,1H3,(H,42,45)(H,43,46)(H,44,47)(H,48,49). The monoisotopic (exact) mass is 687 g/mol. The fourth-order valence-corrected chi connectivity index (χ4v) is 9.11. The van der Waals surface area contributed by atoms with Crippen molar-refractivity contribution < 1.29 is 33.8 Å². The lowest BCUT2D eigenvalue weighted by atomic mass is 9.49. The molecule has 4 aliphatic rings. The van der Waals surface area contributed by atoms with Crippen LogP contribution < -0.4 is 16.0 Å². The van der Waals surface area contributed by atoms with Gasteiger partial charge < -0.3 is 25.8 Å². The van der Waals surface area contributed by atoms with Gasteiger partial charge in [-0.3, -0.25) is 14.4 Å². The Bertz CT molecular complexity index is 1990. The molecule has 0 aliphatic heterocycles. The summed E-state index contributed by atoms with van der Waals surface area (Å²) >= 11 is 0. The number of carboxylic acids is 1. The van der Waals surface area contributed by atoms with E-state index in [1.807, 2.05) is 24.3 Å². The van der Waals surface area contributed by atoms with Crippen molar-refractivity contribution in [1.82, 2.24) is 10.6 Å². The van der Waals surface area contributed by atoms with E-state index in [1.54, 1.807) is 42.5 Å². The summed E-state index contributed by atoms with van der Waals surface area (Å²) in [6.45, 7) is 0.471. The van der Waals surface area contributed by atoms with Gasteiger partial charge in [-0.1, -0.05) is 54.6 Å². The van der Waals surface area contributed by atoms with Crippen LogP contribution in [0.4, 0.5) is 5.69 Å². The molecule has 3 amide bonds. The van der Waals surface area contributed by atoms with Crippen LogP contribution in [0.25, 0.3) is 10.8 Å². The molecule has 1 atom stereocenters. The van der Waals surface area contributed by atoms with Gasteiger partial charge in [-0.05, 0) is 108 Å². The number of benzene rings is 4. The highest BCUT2D eigenvalue weighted by atomic mass is 16.5. The van der Waals surface area contributed by atoms with Crippen LogP contribution in [0.5, 0.6) is 0 Å². The second-order valence-electron chi connectivity index (χ2n) is 14.6. The average Bonchev–Trinajstić information content (AvgIpc) is 3.12. The summed E-state index contributed by atoms with van der Waals surface area (Å²) in [5.74, 6) is -2.02. The molecule has 4 N–H and O–H groups in total. The Morgan fingerprint density at radius 2 is 1.29 bits per heavy atom. The normalized spacial score (nSPS) is 22.2. The number of nitrogens with one attached hydrogen (secondary N) is 3. The Hall–Kier alpha value is -5.51. The third-order valence-corrected chi connectivity index (χ3v) is 11.0. The highest BCUT2D eigenvalue weighted by Crippen LogP contribution is 2.59. The summed E-state index contributed by atoms with van der Waals surface area (Å²) in [7, 11) is 1.18. The van der Waals surface area contributed by atoms with Crippen LogP contribution in [0.2, 0.25) is 0 Å². The minimum Gasteiger partial charge on any atom is -0.478 e. The Morgan fingerprint density at radius 3 is 1.86 bits per heavy atom. The van der Waals surface area contributed by atoms with E-state index in [2.05, 4.69) is 16.0 Å². The van der Waals surface area contributed by atoms with Crippen LogP contribution in [-0.2, 0) is 9.53 Å². The average molecular weight is 688 g/mol. The van der Waals surface area contributed by atoms with Crippen LogP contribution in [0, 0.1) is 23.2 Å². The topological polar surface area (TPSA) is 151 Å². The van der Waals surface area contributed by atoms with E-state index in [4.69, 9.17) is 4.74 Å². The largest absolute Gasteiger partial charge is 0.478 e. The van der Waals surface area contributed by atoms with Gasteiger partial charge in [0.1, 0.15) is 0 Å². The molecule has 4 aliphatic carbocycles. The molecule has 8 rings (SSSR count). The number of hydrogen-bond acceptors (Lipinski definition) is 6. The molecule has 10 nitrogen and oxygen atoms in total. The first kappa shape index (κ1) is 34.0. The number of rotatable bonds is 11. The number of hydrogen-bond donors (Lipinski definition) is 4. The molecule has 4 saturated carbocycles. The Labute approximate surface area is 296 Å². The summed E-state index contributed by atoms with van der Waals surface area (Å²) in [4.78, 5) is 65.7. The van der Waals surface area contributed by atoms with Crippen molar-refractivity contribution in [2.45, 2.75) is 44.4 Å². The van der Waals surface area contributed by atoms with Crippen LogP contribution >= 0.6 is 0 Å². The maximum absolute atomic E-state index is 14.0. The van der Waals surface area contributed by atoms with Gasteiger partial charge >= 0.3 is 11.9 Å². The summed E-state index contributed by atoms with van der Waals surface area (Å²) in [5, 5.41) is 20.1. The molecule has 0 aromatic heterocycles. The van der Waals surface area contributed by atoms with E-state index in [-0.39, 0.29) is 45.8 Å². The Morgan fingerprint density at radius 1 is 0.745 bits per heavy atom. The molecule has 51 heavy (non-hydrogen) atoms. The number of amides is 3. The zero-order chi connectivity index (χ0) is 35.7. The molecular formula is C41H41N3O7. The lowest BCUT2D eigenvalue weighted by Crippen LogP contribution is -2.51. The summed E-state index contributed by atoms with van der Waals surface area (Å²) < 4.78 is 4.76. The van der Waals surface area contributed by atoms with Gasteiger partial charge in [0.2, 0.25) is 5.91 Å². The van der Waals surface area contributed by atoms with Crippen molar-refractivity contribution in [2.24, 2.45) is 23.2 Å². The molecule has 0 radical (unpaired) electrons. The quantitative estimate of drug-likeness (QED) is 0.133. The van der Waals surface area contributed by atoms with Crippen molar-refractivity contribution in [3.05, 3.63) is 113 Å². The van der Waals surface area contributed by atoms with Crippen LogP contribution in [0.3, 0.4) is 0 Å². The van der Waals surface area contributed by atoms with Crippen molar-refractivity contribution >= 4 is 46.1 Å². The van der Waals surface area contributed by atoms with Gasteiger partial charge in [0.25, 0.3) is 11.8 Å². The summed E-state index contributed by atoms with van der Waals surface area (Å²) in [6.07, 6.45) is 7.39. The molecule has 4 aromatic rings. The van der Waals surface area contributed by atoms with Gasteiger partial charge in [-0.2, -0.15) is 0 Å². The zero-order valence-corrected chi connectivity index (χ0v) is 28.4. The molecular weight excluding hydrogens is 646 g/mol. The molecule has 4 bridgehead atoms. The number of methoxy groups -OCH3 is 1. The Kier molecular flexibility index (Phi) is 9.33. The summed E-state index contributed by atoms with van der Waals surface area (Å²) in [5.41, 5.74) is 1.05. The van der Waals surface area contributed by atoms with Gasteiger partial charge in [-0.15, -0.1) is 0 Å². The minimum atomic E-state index is -1.28. The molecule has 0 spiro atoms. The number of carbonyl (C=O) groups is 5. The van der Waals surface area contributed by atoms with E-state index in [9.17, 15) is 29.1 Å².